The molecule has 0 amide bonds. The van der Waals surface area contributed by atoms with Gasteiger partial charge >= 0.3 is 0 Å². The third kappa shape index (κ3) is 35.3. The average molecular weight is 433 g/mol. The molecular weight excluding hydrogens is 372 g/mol. The van der Waals surface area contributed by atoms with Gasteiger partial charge in [0.1, 0.15) is 0 Å². The van der Waals surface area contributed by atoms with Crippen LogP contribution in [0.3, 0.4) is 0 Å². The minimum absolute atomic E-state index is 0.0312. The molecule has 0 saturated heterocycles. The Labute approximate surface area is 192 Å². The summed E-state index contributed by atoms with van der Waals surface area (Å²) in [4.78, 5) is 0. The lowest BCUT2D eigenvalue weighted by atomic mass is 10.1. The van der Waals surface area contributed by atoms with Crippen molar-refractivity contribution in [1.82, 2.24) is 0 Å². The number of rotatable bonds is 9. The summed E-state index contributed by atoms with van der Waals surface area (Å²) in [5.74, 6) is 2.08. The fourth-order valence-corrected chi connectivity index (χ4v) is 1.53. The van der Waals surface area contributed by atoms with E-state index in [1.54, 1.807) is 0 Å². The van der Waals surface area contributed by atoms with Crippen LogP contribution in [0.15, 0.2) is 0 Å². The van der Waals surface area contributed by atoms with Gasteiger partial charge in [-0.05, 0) is 80.1 Å². The lowest BCUT2D eigenvalue weighted by Gasteiger charge is -2.21. The van der Waals surface area contributed by atoms with E-state index in [9.17, 15) is 0 Å². The fourth-order valence-electron chi connectivity index (χ4n) is 1.53. The van der Waals surface area contributed by atoms with Crippen LogP contribution in [0.4, 0.5) is 0 Å². The van der Waals surface area contributed by atoms with Gasteiger partial charge < -0.3 is 14.2 Å². The highest BCUT2D eigenvalue weighted by molar-refractivity contribution is 4.61. The molecule has 0 spiro atoms. The molecule has 0 bridgehead atoms. The van der Waals surface area contributed by atoms with E-state index in [0.29, 0.717) is 17.8 Å². The average Bonchev–Trinajstić information content (AvgIpc) is 2.61. The van der Waals surface area contributed by atoms with E-state index >= 15 is 0 Å². The number of hydrogen-bond donors (Lipinski definition) is 0. The highest BCUT2D eigenvalue weighted by Crippen LogP contribution is 2.12. The van der Waals surface area contributed by atoms with Crippen LogP contribution < -0.4 is 0 Å². The van der Waals surface area contributed by atoms with E-state index in [4.69, 9.17) is 14.2 Å². The van der Waals surface area contributed by atoms with Gasteiger partial charge in [-0.25, -0.2) is 0 Å². The van der Waals surface area contributed by atoms with E-state index in [0.717, 1.165) is 19.8 Å². The van der Waals surface area contributed by atoms with Gasteiger partial charge in [0.05, 0.1) is 16.8 Å². The van der Waals surface area contributed by atoms with Crippen molar-refractivity contribution < 1.29 is 14.2 Å². The van der Waals surface area contributed by atoms with Crippen LogP contribution in [-0.4, -0.2) is 36.6 Å². The van der Waals surface area contributed by atoms with Gasteiger partial charge in [0.25, 0.3) is 0 Å². The van der Waals surface area contributed by atoms with E-state index in [2.05, 4.69) is 104 Å². The van der Waals surface area contributed by atoms with Gasteiger partial charge in [-0.2, -0.15) is 0 Å². The Kier molecular flexibility index (Phi) is 20.0. The predicted octanol–water partition coefficient (Wildman–Crippen LogP) is 8.54. The Balaban J connectivity index is -0.000000364. The summed E-state index contributed by atoms with van der Waals surface area (Å²) in [6, 6.07) is 0. The Morgan fingerprint density at radius 1 is 0.433 bits per heavy atom. The van der Waals surface area contributed by atoms with Crippen molar-refractivity contribution in [2.45, 2.75) is 140 Å². The molecule has 186 valence electrons. The largest absolute Gasteiger partial charge is 0.376 e. The van der Waals surface area contributed by atoms with E-state index < -0.39 is 0 Å². The molecule has 3 heteroatoms. The molecule has 3 atom stereocenters. The predicted molar refractivity (Wildman–Crippen MR) is 135 cm³/mol. The molecule has 0 N–H and O–H groups in total. The second kappa shape index (κ2) is 17.4. The molecule has 30 heavy (non-hydrogen) atoms. The first-order chi connectivity index (χ1) is 13.4. The third-order valence-corrected chi connectivity index (χ3v) is 4.49. The number of hydrogen-bond acceptors (Lipinski definition) is 3. The Morgan fingerprint density at radius 2 is 0.600 bits per heavy atom. The van der Waals surface area contributed by atoms with Crippen molar-refractivity contribution in [3.05, 3.63) is 0 Å². The normalized spacial score (nSPS) is 15.3. The lowest BCUT2D eigenvalue weighted by Crippen LogP contribution is -2.22. The van der Waals surface area contributed by atoms with Gasteiger partial charge in [-0.3, -0.25) is 0 Å². The minimum Gasteiger partial charge on any atom is -0.376 e. The van der Waals surface area contributed by atoms with Crippen LogP contribution in [0.2, 0.25) is 0 Å². The molecule has 3 nitrogen and oxygen atoms in total. The first kappa shape index (κ1) is 34.5. The second-order valence-electron chi connectivity index (χ2n) is 11.8. The van der Waals surface area contributed by atoms with Crippen molar-refractivity contribution in [3.8, 4) is 0 Å². The van der Waals surface area contributed by atoms with Crippen LogP contribution >= 0.6 is 0 Å². The molecule has 0 fully saturated rings. The minimum atomic E-state index is 0.0312. The quantitative estimate of drug-likeness (QED) is 0.365. The number of ether oxygens (including phenoxy) is 3. The van der Waals surface area contributed by atoms with Crippen molar-refractivity contribution in [2.75, 3.05) is 19.8 Å². The van der Waals surface area contributed by atoms with Crippen LogP contribution in [0, 0.1) is 17.8 Å². The monoisotopic (exact) mass is 432 g/mol. The molecule has 0 aromatic rings. The van der Waals surface area contributed by atoms with Gasteiger partial charge in [0.2, 0.25) is 0 Å². The summed E-state index contributed by atoms with van der Waals surface area (Å²) in [5, 5.41) is 0. The molecule has 0 aromatic carbocycles. The van der Waals surface area contributed by atoms with Gasteiger partial charge in [0, 0.05) is 19.8 Å². The van der Waals surface area contributed by atoms with Gasteiger partial charge in [-0.15, -0.1) is 0 Å². The second-order valence-corrected chi connectivity index (χ2v) is 11.8. The molecule has 0 aromatic heterocycles. The molecule has 0 heterocycles. The van der Waals surface area contributed by atoms with E-state index in [-0.39, 0.29) is 16.8 Å². The first-order valence-corrected chi connectivity index (χ1v) is 12.3. The summed E-state index contributed by atoms with van der Waals surface area (Å²) >= 11 is 0. The Hall–Kier alpha value is -0.120. The van der Waals surface area contributed by atoms with Crippen LogP contribution in [0.5, 0.6) is 0 Å². The summed E-state index contributed by atoms with van der Waals surface area (Å²) in [6.45, 7) is 34.7. The highest BCUT2D eigenvalue weighted by Gasteiger charge is 2.12. The smallest absolute Gasteiger partial charge is 0.0598 e. The van der Waals surface area contributed by atoms with Crippen molar-refractivity contribution in [1.29, 1.82) is 0 Å². The maximum absolute atomic E-state index is 5.58. The molecule has 0 aliphatic heterocycles. The molecule has 0 saturated carbocycles. The SMILES string of the molecule is CCC(C)COC(C)(C)C.CC[C@@H](C)COC(C)(C)C.CC[C@H](C)COC(C)(C)C. The molecule has 0 radical (unpaired) electrons. The first-order valence-electron chi connectivity index (χ1n) is 12.3. The van der Waals surface area contributed by atoms with Crippen LogP contribution in [-0.2, 0) is 14.2 Å². The van der Waals surface area contributed by atoms with Crippen molar-refractivity contribution >= 4 is 0 Å². The molecule has 1 unspecified atom stereocenters. The Morgan fingerprint density at radius 3 is 0.700 bits per heavy atom. The lowest BCUT2D eigenvalue weighted by molar-refractivity contribution is -0.0201. The fraction of sp³-hybridized carbons (Fsp3) is 1.00. The zero-order valence-electron chi connectivity index (χ0n) is 23.7. The van der Waals surface area contributed by atoms with Crippen molar-refractivity contribution in [3.63, 3.8) is 0 Å². The zero-order valence-corrected chi connectivity index (χ0v) is 23.7. The van der Waals surface area contributed by atoms with Crippen molar-refractivity contribution in [2.24, 2.45) is 17.8 Å². The molecule has 0 rings (SSSR count). The van der Waals surface area contributed by atoms with E-state index in [1.165, 1.54) is 19.3 Å². The van der Waals surface area contributed by atoms with E-state index in [1.807, 2.05) is 0 Å². The maximum Gasteiger partial charge on any atom is 0.0598 e. The molecule has 0 aliphatic carbocycles. The Bertz CT molecular complexity index is 301. The van der Waals surface area contributed by atoms with Gasteiger partial charge in [-0.1, -0.05) is 60.8 Å². The summed E-state index contributed by atoms with van der Waals surface area (Å²) in [5.41, 5.74) is 0.0935. The topological polar surface area (TPSA) is 27.7 Å². The third-order valence-electron chi connectivity index (χ3n) is 4.49. The summed E-state index contributed by atoms with van der Waals surface area (Å²) in [6.07, 6.45) is 3.61. The standard InChI is InChI=1S/3C9H20O/c3*1-6-8(2)7-10-9(3,4)5/h3*8H,6-7H2,1-5H3/t2*8-;/m10./s1. The summed E-state index contributed by atoms with van der Waals surface area (Å²) < 4.78 is 16.7. The molecule has 0 aliphatic rings. The zero-order chi connectivity index (χ0) is 24.6. The summed E-state index contributed by atoms with van der Waals surface area (Å²) in [7, 11) is 0. The van der Waals surface area contributed by atoms with Gasteiger partial charge in [0.15, 0.2) is 0 Å². The van der Waals surface area contributed by atoms with Crippen LogP contribution in [0.25, 0.3) is 0 Å². The highest BCUT2D eigenvalue weighted by atomic mass is 16.5. The van der Waals surface area contributed by atoms with Crippen LogP contribution in [0.1, 0.15) is 123 Å². The molecular formula is C27H60O3. The maximum atomic E-state index is 5.58.